The highest BCUT2D eigenvalue weighted by atomic mass is 16.4. The Labute approximate surface area is 140 Å². The molecule has 3 rings (SSSR count). The van der Waals surface area contributed by atoms with E-state index in [0.29, 0.717) is 5.56 Å². The molecule has 118 valence electrons. The minimum atomic E-state index is -1.15. The Hall–Kier alpha value is -3.33. The first-order chi connectivity index (χ1) is 11.6. The molecule has 24 heavy (non-hydrogen) atoms. The van der Waals surface area contributed by atoms with E-state index < -0.39 is 5.97 Å². The van der Waals surface area contributed by atoms with Crippen molar-refractivity contribution in [2.45, 2.75) is 0 Å². The van der Waals surface area contributed by atoms with Gasteiger partial charge in [0.15, 0.2) is 0 Å². The third-order valence-corrected chi connectivity index (χ3v) is 3.75. The fourth-order valence-corrected chi connectivity index (χ4v) is 2.54. The van der Waals surface area contributed by atoms with Crippen LogP contribution in [0.5, 0.6) is 5.75 Å². The van der Waals surface area contributed by atoms with Gasteiger partial charge in [0, 0.05) is 0 Å². The molecule has 3 heteroatoms. The second kappa shape index (κ2) is 6.84. The monoisotopic (exact) mass is 316 g/mol. The van der Waals surface area contributed by atoms with Crippen LogP contribution in [0.2, 0.25) is 0 Å². The second-order valence-corrected chi connectivity index (χ2v) is 5.37. The quantitative estimate of drug-likeness (QED) is 0.671. The normalized spacial score (nSPS) is 10.8. The van der Waals surface area contributed by atoms with E-state index in [1.54, 1.807) is 6.07 Å². The Morgan fingerprint density at radius 2 is 1.54 bits per heavy atom. The molecule has 0 aliphatic rings. The molecule has 3 aromatic rings. The first-order valence-electron chi connectivity index (χ1n) is 7.54. The molecule has 2 N–H and O–H groups in total. The Kier molecular flexibility index (Phi) is 4.43. The van der Waals surface area contributed by atoms with Crippen molar-refractivity contribution in [2.24, 2.45) is 0 Å². The molecular weight excluding hydrogens is 300 g/mol. The van der Waals surface area contributed by atoms with Gasteiger partial charge in [-0.3, -0.25) is 0 Å². The van der Waals surface area contributed by atoms with Crippen LogP contribution in [0.3, 0.4) is 0 Å². The van der Waals surface area contributed by atoms with Gasteiger partial charge in [0.05, 0.1) is 0 Å². The van der Waals surface area contributed by atoms with Crippen molar-refractivity contribution in [1.29, 1.82) is 0 Å². The molecule has 0 saturated carbocycles. The van der Waals surface area contributed by atoms with Crippen molar-refractivity contribution in [3.8, 4) is 16.9 Å². The number of hydrogen-bond donors (Lipinski definition) is 2. The summed E-state index contributed by atoms with van der Waals surface area (Å²) in [5, 5.41) is 18.7. The summed E-state index contributed by atoms with van der Waals surface area (Å²) >= 11 is 0. The predicted octanol–water partition coefficient (Wildman–Crippen LogP) is 4.93. The number of carboxylic acid groups (broad SMARTS) is 1. The average molecular weight is 316 g/mol. The molecule has 0 bridgehead atoms. The van der Waals surface area contributed by atoms with Gasteiger partial charge in [-0.2, -0.15) is 0 Å². The summed E-state index contributed by atoms with van der Waals surface area (Å²) in [6.07, 6.45) is 3.79. The maximum absolute atomic E-state index is 11.1. The van der Waals surface area contributed by atoms with Gasteiger partial charge < -0.3 is 10.2 Å². The zero-order valence-electron chi connectivity index (χ0n) is 12.9. The molecule has 0 aliphatic heterocycles. The van der Waals surface area contributed by atoms with E-state index in [1.165, 1.54) is 12.1 Å². The number of benzene rings is 3. The summed E-state index contributed by atoms with van der Waals surface area (Å²) < 4.78 is 0. The summed E-state index contributed by atoms with van der Waals surface area (Å²) in [6, 6.07) is 22.6. The molecule has 0 fully saturated rings. The first kappa shape index (κ1) is 15.6. The van der Waals surface area contributed by atoms with Crippen LogP contribution in [0.25, 0.3) is 23.3 Å². The summed E-state index contributed by atoms with van der Waals surface area (Å²) in [7, 11) is 0. The lowest BCUT2D eigenvalue weighted by Crippen LogP contribution is -1.96. The Morgan fingerprint density at radius 1 is 0.833 bits per heavy atom. The SMILES string of the molecule is O=C(O)c1cc(C=Cc2ccccc2-c2ccccc2)ccc1O. The summed E-state index contributed by atoms with van der Waals surface area (Å²) in [5.74, 6) is -1.38. The lowest BCUT2D eigenvalue weighted by atomic mass is 9.99. The van der Waals surface area contributed by atoms with Crippen molar-refractivity contribution < 1.29 is 15.0 Å². The van der Waals surface area contributed by atoms with Crippen LogP contribution in [-0.4, -0.2) is 16.2 Å². The number of hydrogen-bond acceptors (Lipinski definition) is 2. The molecule has 0 aliphatic carbocycles. The largest absolute Gasteiger partial charge is 0.507 e. The highest BCUT2D eigenvalue weighted by molar-refractivity contribution is 5.92. The van der Waals surface area contributed by atoms with Crippen molar-refractivity contribution in [1.82, 2.24) is 0 Å². The molecule has 0 heterocycles. The number of aromatic hydroxyl groups is 1. The van der Waals surface area contributed by atoms with E-state index in [2.05, 4.69) is 18.2 Å². The Balaban J connectivity index is 1.96. The van der Waals surface area contributed by atoms with E-state index >= 15 is 0 Å². The highest BCUT2D eigenvalue weighted by Gasteiger charge is 2.09. The topological polar surface area (TPSA) is 57.5 Å². The van der Waals surface area contributed by atoms with Gasteiger partial charge in [-0.1, -0.05) is 72.8 Å². The molecular formula is C21H16O3. The van der Waals surface area contributed by atoms with Crippen LogP contribution in [0.4, 0.5) is 0 Å². The smallest absolute Gasteiger partial charge is 0.339 e. The fourth-order valence-electron chi connectivity index (χ4n) is 2.54. The molecule has 0 saturated heterocycles. The van der Waals surface area contributed by atoms with E-state index in [9.17, 15) is 9.90 Å². The fraction of sp³-hybridized carbons (Fsp3) is 0. The molecule has 3 nitrogen and oxygen atoms in total. The van der Waals surface area contributed by atoms with Gasteiger partial charge in [0.25, 0.3) is 0 Å². The van der Waals surface area contributed by atoms with Crippen LogP contribution >= 0.6 is 0 Å². The molecule has 0 unspecified atom stereocenters. The van der Waals surface area contributed by atoms with Crippen LogP contribution < -0.4 is 0 Å². The van der Waals surface area contributed by atoms with E-state index in [1.807, 2.05) is 48.6 Å². The lowest BCUT2D eigenvalue weighted by molar-refractivity contribution is 0.0693. The molecule has 0 aromatic heterocycles. The zero-order valence-corrected chi connectivity index (χ0v) is 12.9. The highest BCUT2D eigenvalue weighted by Crippen LogP contribution is 2.26. The molecule has 0 atom stereocenters. The predicted molar refractivity (Wildman–Crippen MR) is 95.9 cm³/mol. The second-order valence-electron chi connectivity index (χ2n) is 5.37. The molecule has 0 spiro atoms. The van der Waals surface area contributed by atoms with E-state index in [0.717, 1.165) is 16.7 Å². The van der Waals surface area contributed by atoms with Crippen LogP contribution in [0.1, 0.15) is 21.5 Å². The van der Waals surface area contributed by atoms with Crippen LogP contribution in [0.15, 0.2) is 72.8 Å². The van der Waals surface area contributed by atoms with Gasteiger partial charge in [-0.05, 0) is 34.4 Å². The molecule has 3 aromatic carbocycles. The summed E-state index contributed by atoms with van der Waals surface area (Å²) in [5.41, 5.74) is 3.87. The third-order valence-electron chi connectivity index (χ3n) is 3.75. The number of phenols is 1. The van der Waals surface area contributed by atoms with Gasteiger partial charge in [-0.25, -0.2) is 4.79 Å². The lowest BCUT2D eigenvalue weighted by Gasteiger charge is -2.06. The Morgan fingerprint density at radius 3 is 2.29 bits per heavy atom. The van der Waals surface area contributed by atoms with Crippen molar-refractivity contribution >= 4 is 18.1 Å². The minimum Gasteiger partial charge on any atom is -0.507 e. The standard InChI is InChI=1S/C21H16O3/c22-20-13-11-15(14-19(20)21(23)24)10-12-17-8-4-5-9-18(17)16-6-2-1-3-7-16/h1-14,22H,(H,23,24). The maximum atomic E-state index is 11.1. The third kappa shape index (κ3) is 3.36. The number of carboxylic acids is 1. The van der Waals surface area contributed by atoms with Gasteiger partial charge in [-0.15, -0.1) is 0 Å². The summed E-state index contributed by atoms with van der Waals surface area (Å²) in [6.45, 7) is 0. The summed E-state index contributed by atoms with van der Waals surface area (Å²) in [4.78, 5) is 11.1. The molecule has 0 radical (unpaired) electrons. The van der Waals surface area contributed by atoms with Crippen molar-refractivity contribution in [2.75, 3.05) is 0 Å². The Bertz CT molecular complexity index is 896. The zero-order chi connectivity index (χ0) is 16.9. The van der Waals surface area contributed by atoms with Gasteiger partial charge >= 0.3 is 5.97 Å². The van der Waals surface area contributed by atoms with Gasteiger partial charge in [0.2, 0.25) is 0 Å². The number of rotatable bonds is 4. The molecule has 0 amide bonds. The number of carbonyl (C=O) groups is 1. The van der Waals surface area contributed by atoms with E-state index in [-0.39, 0.29) is 11.3 Å². The van der Waals surface area contributed by atoms with E-state index in [4.69, 9.17) is 5.11 Å². The van der Waals surface area contributed by atoms with Crippen molar-refractivity contribution in [3.05, 3.63) is 89.5 Å². The van der Waals surface area contributed by atoms with Gasteiger partial charge in [0.1, 0.15) is 11.3 Å². The van der Waals surface area contributed by atoms with Crippen LogP contribution in [-0.2, 0) is 0 Å². The average Bonchev–Trinajstić information content (AvgIpc) is 2.62. The minimum absolute atomic E-state index is 0.103. The maximum Gasteiger partial charge on any atom is 0.339 e. The first-order valence-corrected chi connectivity index (χ1v) is 7.54. The van der Waals surface area contributed by atoms with Crippen LogP contribution in [0, 0.1) is 0 Å². The number of aromatic carboxylic acids is 1. The van der Waals surface area contributed by atoms with Crippen molar-refractivity contribution in [3.63, 3.8) is 0 Å².